The Kier molecular flexibility index (Phi) is 8.02. The van der Waals surface area contributed by atoms with E-state index in [1.807, 2.05) is 0 Å². The van der Waals surface area contributed by atoms with E-state index in [4.69, 9.17) is 10.6 Å². The highest BCUT2D eigenvalue weighted by Crippen LogP contribution is 2.16. The Bertz CT molecular complexity index is 149. The molecule has 0 heterocycles. The van der Waals surface area contributed by atoms with Gasteiger partial charge in [-0.15, -0.1) is 0 Å². The third kappa shape index (κ3) is 6.13. The lowest BCUT2D eigenvalue weighted by atomic mass is 9.94. The van der Waals surface area contributed by atoms with Gasteiger partial charge in [-0.05, 0) is 18.3 Å². The number of nitrogens with one attached hydrogen (secondary N) is 1. The molecule has 0 aromatic heterocycles. The van der Waals surface area contributed by atoms with Crippen molar-refractivity contribution in [3.05, 3.63) is 0 Å². The van der Waals surface area contributed by atoms with Gasteiger partial charge in [0, 0.05) is 13.2 Å². The molecular formula is C12H28N2O. The van der Waals surface area contributed by atoms with Crippen molar-refractivity contribution in [3.63, 3.8) is 0 Å². The minimum absolute atomic E-state index is 0.210. The second-order valence-electron chi connectivity index (χ2n) is 5.04. The molecule has 2 unspecified atom stereocenters. The van der Waals surface area contributed by atoms with Gasteiger partial charge in [0.2, 0.25) is 0 Å². The molecule has 0 aromatic carbocycles. The first-order chi connectivity index (χ1) is 7.02. The number of rotatable bonds is 8. The summed E-state index contributed by atoms with van der Waals surface area (Å²) in [6, 6.07) is 0.272. The zero-order valence-electron chi connectivity index (χ0n) is 10.9. The average Bonchev–Trinajstić information content (AvgIpc) is 2.15. The molecule has 2 atom stereocenters. The van der Waals surface area contributed by atoms with Gasteiger partial charge in [0.25, 0.3) is 0 Å². The summed E-state index contributed by atoms with van der Waals surface area (Å²) in [5.41, 5.74) is 2.88. The summed E-state index contributed by atoms with van der Waals surface area (Å²) in [6.07, 6.45) is 3.76. The van der Waals surface area contributed by atoms with Gasteiger partial charge in [0.05, 0.1) is 6.10 Å². The fraction of sp³-hybridized carbons (Fsp3) is 1.00. The topological polar surface area (TPSA) is 47.3 Å². The van der Waals surface area contributed by atoms with E-state index in [1.54, 1.807) is 7.11 Å². The van der Waals surface area contributed by atoms with Crippen molar-refractivity contribution < 1.29 is 4.74 Å². The van der Waals surface area contributed by atoms with E-state index >= 15 is 0 Å². The van der Waals surface area contributed by atoms with Crippen LogP contribution in [0.1, 0.15) is 47.0 Å². The molecule has 0 saturated carbocycles. The van der Waals surface area contributed by atoms with Crippen LogP contribution in [0.25, 0.3) is 0 Å². The first-order valence-electron chi connectivity index (χ1n) is 6.01. The smallest absolute Gasteiger partial charge is 0.0760 e. The van der Waals surface area contributed by atoms with E-state index in [-0.39, 0.29) is 12.1 Å². The lowest BCUT2D eigenvalue weighted by Crippen LogP contribution is -2.47. The molecule has 0 radical (unpaired) electrons. The van der Waals surface area contributed by atoms with Crippen LogP contribution >= 0.6 is 0 Å². The van der Waals surface area contributed by atoms with Gasteiger partial charge in [0.15, 0.2) is 0 Å². The standard InChI is InChI=1S/C12H28N2O/c1-9(2)7-6-8-11(14-13)12(15-5)10(3)4/h9-12,14H,6-8,13H2,1-5H3. The molecule has 3 heteroatoms. The van der Waals surface area contributed by atoms with Crippen molar-refractivity contribution >= 4 is 0 Å². The molecule has 0 aliphatic heterocycles. The summed E-state index contributed by atoms with van der Waals surface area (Å²) in [4.78, 5) is 0. The summed E-state index contributed by atoms with van der Waals surface area (Å²) in [5, 5.41) is 0. The van der Waals surface area contributed by atoms with Crippen molar-refractivity contribution in [1.82, 2.24) is 5.43 Å². The van der Waals surface area contributed by atoms with Crippen LogP contribution in [0.5, 0.6) is 0 Å². The molecule has 0 aliphatic rings. The molecule has 0 amide bonds. The average molecular weight is 216 g/mol. The van der Waals surface area contributed by atoms with Crippen molar-refractivity contribution in [2.45, 2.75) is 59.1 Å². The van der Waals surface area contributed by atoms with Gasteiger partial charge < -0.3 is 4.74 Å². The van der Waals surface area contributed by atoms with Gasteiger partial charge in [-0.3, -0.25) is 11.3 Å². The van der Waals surface area contributed by atoms with Crippen molar-refractivity contribution in [2.75, 3.05) is 7.11 Å². The monoisotopic (exact) mass is 216 g/mol. The molecule has 0 aliphatic carbocycles. The van der Waals surface area contributed by atoms with Crippen LogP contribution in [0.4, 0.5) is 0 Å². The van der Waals surface area contributed by atoms with Crippen LogP contribution in [0.3, 0.4) is 0 Å². The van der Waals surface area contributed by atoms with E-state index in [0.717, 1.165) is 12.3 Å². The van der Waals surface area contributed by atoms with Gasteiger partial charge in [-0.1, -0.05) is 40.5 Å². The van der Waals surface area contributed by atoms with Crippen molar-refractivity contribution in [2.24, 2.45) is 17.7 Å². The maximum absolute atomic E-state index is 5.57. The zero-order valence-corrected chi connectivity index (χ0v) is 10.9. The lowest BCUT2D eigenvalue weighted by Gasteiger charge is -2.28. The number of methoxy groups -OCH3 is 1. The highest BCUT2D eigenvalue weighted by molar-refractivity contribution is 4.77. The van der Waals surface area contributed by atoms with E-state index in [9.17, 15) is 0 Å². The van der Waals surface area contributed by atoms with Crippen LogP contribution in [-0.2, 0) is 4.74 Å². The summed E-state index contributed by atoms with van der Waals surface area (Å²) in [5.74, 6) is 6.84. The number of ether oxygens (including phenoxy) is 1. The third-order valence-electron chi connectivity index (χ3n) is 2.84. The number of hydrogen-bond donors (Lipinski definition) is 2. The van der Waals surface area contributed by atoms with E-state index in [2.05, 4.69) is 33.1 Å². The summed E-state index contributed by atoms with van der Waals surface area (Å²) in [7, 11) is 1.76. The Hall–Kier alpha value is -0.120. The quantitative estimate of drug-likeness (QED) is 0.483. The predicted molar refractivity (Wildman–Crippen MR) is 65.4 cm³/mol. The maximum Gasteiger partial charge on any atom is 0.0760 e. The van der Waals surface area contributed by atoms with Crippen LogP contribution in [0.2, 0.25) is 0 Å². The van der Waals surface area contributed by atoms with Crippen LogP contribution in [-0.4, -0.2) is 19.3 Å². The SMILES string of the molecule is COC(C(C)C)C(CCCC(C)C)NN. The Balaban J connectivity index is 3.98. The van der Waals surface area contributed by atoms with Gasteiger partial charge >= 0.3 is 0 Å². The normalized spacial score (nSPS) is 16.0. The Morgan fingerprint density at radius 2 is 1.73 bits per heavy atom. The second kappa shape index (κ2) is 8.08. The minimum atomic E-state index is 0.210. The van der Waals surface area contributed by atoms with Gasteiger partial charge in [-0.25, -0.2) is 0 Å². The van der Waals surface area contributed by atoms with E-state index in [0.29, 0.717) is 5.92 Å². The van der Waals surface area contributed by atoms with Crippen LogP contribution in [0.15, 0.2) is 0 Å². The first-order valence-corrected chi connectivity index (χ1v) is 6.01. The largest absolute Gasteiger partial charge is 0.380 e. The molecule has 0 aromatic rings. The van der Waals surface area contributed by atoms with Crippen LogP contribution < -0.4 is 11.3 Å². The molecule has 0 fully saturated rings. The number of hydrogen-bond acceptors (Lipinski definition) is 3. The number of hydrazine groups is 1. The Morgan fingerprint density at radius 1 is 1.13 bits per heavy atom. The lowest BCUT2D eigenvalue weighted by molar-refractivity contribution is 0.0297. The molecular weight excluding hydrogens is 188 g/mol. The Labute approximate surface area is 94.7 Å². The van der Waals surface area contributed by atoms with Crippen LogP contribution in [0, 0.1) is 11.8 Å². The molecule has 0 rings (SSSR count). The molecule has 15 heavy (non-hydrogen) atoms. The first kappa shape index (κ1) is 14.9. The molecule has 0 spiro atoms. The summed E-state index contributed by atoms with van der Waals surface area (Å²) < 4.78 is 5.48. The number of nitrogens with two attached hydrogens (primary N) is 1. The third-order valence-corrected chi connectivity index (χ3v) is 2.84. The highest BCUT2D eigenvalue weighted by Gasteiger charge is 2.22. The molecule has 92 valence electrons. The van der Waals surface area contributed by atoms with Crippen molar-refractivity contribution in [1.29, 1.82) is 0 Å². The highest BCUT2D eigenvalue weighted by atomic mass is 16.5. The molecule has 3 nitrogen and oxygen atoms in total. The zero-order chi connectivity index (χ0) is 11.8. The molecule has 0 bridgehead atoms. The van der Waals surface area contributed by atoms with Crippen molar-refractivity contribution in [3.8, 4) is 0 Å². The fourth-order valence-corrected chi connectivity index (χ4v) is 1.99. The minimum Gasteiger partial charge on any atom is -0.380 e. The molecule has 3 N–H and O–H groups in total. The summed E-state index contributed by atoms with van der Waals surface area (Å²) >= 11 is 0. The predicted octanol–water partition coefficient (Wildman–Crippen LogP) is 2.32. The van der Waals surface area contributed by atoms with E-state index in [1.165, 1.54) is 12.8 Å². The van der Waals surface area contributed by atoms with Gasteiger partial charge in [0.1, 0.15) is 0 Å². The Morgan fingerprint density at radius 3 is 2.07 bits per heavy atom. The fourth-order valence-electron chi connectivity index (χ4n) is 1.99. The molecule has 0 saturated heterocycles. The second-order valence-corrected chi connectivity index (χ2v) is 5.04. The maximum atomic E-state index is 5.57. The van der Waals surface area contributed by atoms with Gasteiger partial charge in [-0.2, -0.15) is 0 Å². The van der Waals surface area contributed by atoms with E-state index < -0.39 is 0 Å². The summed E-state index contributed by atoms with van der Waals surface area (Å²) in [6.45, 7) is 8.84.